The molecule has 0 saturated heterocycles. The molecule has 2 nitrogen and oxygen atoms in total. The average Bonchev–Trinajstić information content (AvgIpc) is 2.48. The molecule has 2 rings (SSSR count). The van der Waals surface area contributed by atoms with Crippen molar-refractivity contribution in [1.29, 1.82) is 0 Å². The Morgan fingerprint density at radius 2 is 1.75 bits per heavy atom. The van der Waals surface area contributed by atoms with Crippen molar-refractivity contribution in [3.63, 3.8) is 0 Å². The van der Waals surface area contributed by atoms with E-state index in [0.717, 1.165) is 0 Å². The smallest absolute Gasteiger partial charge is 0.266 e. The Bertz CT molecular complexity index is 585. The zero-order valence-electron chi connectivity index (χ0n) is 11.1. The Balaban J connectivity index is 2.26. The zero-order chi connectivity index (χ0) is 14.6. The van der Waals surface area contributed by atoms with Crippen molar-refractivity contribution in [2.45, 2.75) is 19.0 Å². The SMILES string of the molecule is CC[C@](F)(C(=O)Nc1ccccc1)c1ccc(Cl)cc1. The summed E-state index contributed by atoms with van der Waals surface area (Å²) in [6.45, 7) is 1.64. The minimum absolute atomic E-state index is 0.0489. The van der Waals surface area contributed by atoms with Gasteiger partial charge in [-0.15, -0.1) is 0 Å². The molecule has 0 spiro atoms. The molecule has 0 aliphatic rings. The normalized spacial score (nSPS) is 13.6. The molecule has 0 unspecified atom stereocenters. The standard InChI is InChI=1S/C16H15ClFNO/c1-2-16(18,12-8-10-13(17)11-9-12)15(20)19-14-6-4-3-5-7-14/h3-11H,2H2,1H3,(H,19,20)/t16-/m1/s1. The molecule has 20 heavy (non-hydrogen) atoms. The molecule has 2 aromatic carbocycles. The van der Waals surface area contributed by atoms with Crippen LogP contribution in [0.3, 0.4) is 0 Å². The Labute approximate surface area is 122 Å². The largest absolute Gasteiger partial charge is 0.323 e. The van der Waals surface area contributed by atoms with E-state index in [1.54, 1.807) is 43.3 Å². The number of para-hydroxylation sites is 1. The maximum Gasteiger partial charge on any atom is 0.266 e. The first-order chi connectivity index (χ1) is 9.56. The second kappa shape index (κ2) is 6.06. The van der Waals surface area contributed by atoms with Gasteiger partial charge in [0.05, 0.1) is 0 Å². The Morgan fingerprint density at radius 3 is 2.30 bits per heavy atom. The lowest BCUT2D eigenvalue weighted by molar-refractivity contribution is -0.128. The number of amides is 1. The molecule has 4 heteroatoms. The van der Waals surface area contributed by atoms with Gasteiger partial charge in [0.25, 0.3) is 5.91 Å². The number of anilines is 1. The summed E-state index contributed by atoms with van der Waals surface area (Å²) in [7, 11) is 0. The van der Waals surface area contributed by atoms with Crippen LogP contribution in [0.25, 0.3) is 0 Å². The summed E-state index contributed by atoms with van der Waals surface area (Å²) in [4.78, 5) is 12.2. The monoisotopic (exact) mass is 291 g/mol. The van der Waals surface area contributed by atoms with E-state index in [-0.39, 0.29) is 6.42 Å². The number of halogens is 2. The van der Waals surface area contributed by atoms with Crippen LogP contribution in [0.15, 0.2) is 54.6 Å². The molecule has 0 bridgehead atoms. The van der Waals surface area contributed by atoms with Crippen LogP contribution in [0.4, 0.5) is 10.1 Å². The Kier molecular flexibility index (Phi) is 4.40. The summed E-state index contributed by atoms with van der Waals surface area (Å²) in [6, 6.07) is 15.1. The number of alkyl halides is 1. The lowest BCUT2D eigenvalue weighted by atomic mass is 9.92. The van der Waals surface area contributed by atoms with Gasteiger partial charge in [0.1, 0.15) is 0 Å². The third-order valence-corrected chi connectivity index (χ3v) is 3.43. The summed E-state index contributed by atoms with van der Waals surface area (Å²) >= 11 is 5.79. The number of carbonyl (C=O) groups is 1. The van der Waals surface area contributed by atoms with Gasteiger partial charge in [-0.3, -0.25) is 4.79 Å². The third kappa shape index (κ3) is 2.99. The minimum atomic E-state index is -2.07. The first-order valence-corrected chi connectivity index (χ1v) is 6.75. The van der Waals surface area contributed by atoms with E-state index in [0.29, 0.717) is 16.3 Å². The van der Waals surface area contributed by atoms with Crippen molar-refractivity contribution in [2.75, 3.05) is 5.32 Å². The predicted octanol–water partition coefficient (Wildman–Crippen LogP) is 4.55. The molecule has 0 radical (unpaired) electrons. The number of nitrogens with one attached hydrogen (secondary N) is 1. The van der Waals surface area contributed by atoms with E-state index in [1.165, 1.54) is 12.1 Å². The lowest BCUT2D eigenvalue weighted by Crippen LogP contribution is -2.35. The second-order valence-corrected chi connectivity index (χ2v) is 4.92. The molecule has 0 fully saturated rings. The quantitative estimate of drug-likeness (QED) is 0.879. The van der Waals surface area contributed by atoms with Gasteiger partial charge in [0.15, 0.2) is 0 Å². The van der Waals surface area contributed by atoms with Gasteiger partial charge in [-0.2, -0.15) is 0 Å². The maximum atomic E-state index is 15.0. The van der Waals surface area contributed by atoms with Gasteiger partial charge >= 0.3 is 0 Å². The average molecular weight is 292 g/mol. The number of rotatable bonds is 4. The highest BCUT2D eigenvalue weighted by atomic mass is 35.5. The summed E-state index contributed by atoms with van der Waals surface area (Å²) < 4.78 is 15.0. The molecule has 1 atom stereocenters. The van der Waals surface area contributed by atoms with Crippen molar-refractivity contribution in [2.24, 2.45) is 0 Å². The van der Waals surface area contributed by atoms with E-state index >= 15 is 4.39 Å². The molecule has 1 N–H and O–H groups in total. The van der Waals surface area contributed by atoms with Crippen molar-refractivity contribution >= 4 is 23.2 Å². The third-order valence-electron chi connectivity index (χ3n) is 3.18. The van der Waals surface area contributed by atoms with E-state index in [9.17, 15) is 4.79 Å². The zero-order valence-corrected chi connectivity index (χ0v) is 11.8. The Morgan fingerprint density at radius 1 is 1.15 bits per heavy atom. The predicted molar refractivity (Wildman–Crippen MR) is 79.6 cm³/mol. The Hall–Kier alpha value is -1.87. The van der Waals surface area contributed by atoms with Crippen LogP contribution in [0.5, 0.6) is 0 Å². The molecule has 0 saturated carbocycles. The highest BCUT2D eigenvalue weighted by Crippen LogP contribution is 2.32. The van der Waals surface area contributed by atoms with E-state index in [1.807, 2.05) is 6.07 Å². The maximum absolute atomic E-state index is 15.0. The summed E-state index contributed by atoms with van der Waals surface area (Å²) in [5, 5.41) is 3.11. The summed E-state index contributed by atoms with van der Waals surface area (Å²) in [5.74, 6) is -0.673. The number of benzene rings is 2. The van der Waals surface area contributed by atoms with Gasteiger partial charge < -0.3 is 5.32 Å². The topological polar surface area (TPSA) is 29.1 Å². The molecular weight excluding hydrogens is 277 g/mol. The first-order valence-electron chi connectivity index (χ1n) is 6.37. The highest BCUT2D eigenvalue weighted by molar-refractivity contribution is 6.30. The molecule has 104 valence electrons. The van der Waals surface area contributed by atoms with Gasteiger partial charge in [-0.1, -0.05) is 48.9 Å². The van der Waals surface area contributed by atoms with Gasteiger partial charge in [0, 0.05) is 10.7 Å². The number of hydrogen-bond donors (Lipinski definition) is 1. The van der Waals surface area contributed by atoms with Crippen molar-refractivity contribution in [3.8, 4) is 0 Å². The summed E-state index contributed by atoms with van der Waals surface area (Å²) in [5.41, 5.74) is -1.19. The molecule has 0 heterocycles. The van der Waals surface area contributed by atoms with Gasteiger partial charge in [0.2, 0.25) is 5.67 Å². The van der Waals surface area contributed by atoms with Crippen LogP contribution < -0.4 is 5.32 Å². The molecule has 0 aromatic heterocycles. The van der Waals surface area contributed by atoms with E-state index in [2.05, 4.69) is 5.32 Å². The number of carbonyl (C=O) groups excluding carboxylic acids is 1. The van der Waals surface area contributed by atoms with Crippen molar-refractivity contribution in [1.82, 2.24) is 0 Å². The summed E-state index contributed by atoms with van der Waals surface area (Å²) in [6.07, 6.45) is 0.0489. The number of hydrogen-bond acceptors (Lipinski definition) is 1. The fourth-order valence-corrected chi connectivity index (χ4v) is 2.09. The fraction of sp³-hybridized carbons (Fsp3) is 0.188. The molecule has 0 aliphatic heterocycles. The van der Waals surface area contributed by atoms with Crippen LogP contribution in [0, 0.1) is 0 Å². The van der Waals surface area contributed by atoms with Crippen LogP contribution in [-0.2, 0) is 10.5 Å². The van der Waals surface area contributed by atoms with Gasteiger partial charge in [-0.25, -0.2) is 4.39 Å². The second-order valence-electron chi connectivity index (χ2n) is 4.48. The van der Waals surface area contributed by atoms with Crippen molar-refractivity contribution < 1.29 is 9.18 Å². The highest BCUT2D eigenvalue weighted by Gasteiger charge is 2.38. The molecule has 2 aromatic rings. The lowest BCUT2D eigenvalue weighted by Gasteiger charge is -2.23. The van der Waals surface area contributed by atoms with Crippen LogP contribution in [-0.4, -0.2) is 5.91 Å². The van der Waals surface area contributed by atoms with Crippen LogP contribution >= 0.6 is 11.6 Å². The van der Waals surface area contributed by atoms with Crippen LogP contribution in [0.1, 0.15) is 18.9 Å². The van der Waals surface area contributed by atoms with Gasteiger partial charge in [-0.05, 0) is 36.2 Å². The van der Waals surface area contributed by atoms with Crippen LogP contribution in [0.2, 0.25) is 5.02 Å². The van der Waals surface area contributed by atoms with Crippen molar-refractivity contribution in [3.05, 3.63) is 65.2 Å². The van der Waals surface area contributed by atoms with E-state index < -0.39 is 11.6 Å². The minimum Gasteiger partial charge on any atom is -0.323 e. The molecular formula is C16H15ClFNO. The van der Waals surface area contributed by atoms with E-state index in [4.69, 9.17) is 11.6 Å². The first kappa shape index (κ1) is 14.5. The molecule has 0 aliphatic carbocycles. The molecule has 1 amide bonds. The fourth-order valence-electron chi connectivity index (χ4n) is 1.96.